The van der Waals surface area contributed by atoms with Gasteiger partial charge in [0, 0.05) is 19.3 Å². The van der Waals surface area contributed by atoms with E-state index in [1.165, 1.54) is 295 Å². The Morgan fingerprint density at radius 3 is 0.658 bits per heavy atom. The minimum Gasteiger partial charge on any atom is -0.462 e. The predicted molar refractivity (Wildman–Crippen MR) is 344 cm³/mol. The number of unbranched alkanes of at least 4 members (excludes halogenated alkanes) is 47. The third-order valence-corrected chi connectivity index (χ3v) is 17.6. The molecule has 0 aromatic rings. The maximum atomic E-state index is 13.0. The van der Waals surface area contributed by atoms with E-state index in [1.807, 2.05) is 0 Å². The molecule has 0 aliphatic carbocycles. The molecule has 0 rings (SSSR count). The minimum absolute atomic E-state index is 0.0617. The second kappa shape index (κ2) is 64.0. The molecule has 6 heteroatoms. The van der Waals surface area contributed by atoms with Gasteiger partial charge in [-0.15, -0.1) is 0 Å². The Morgan fingerprint density at radius 1 is 0.253 bits per heavy atom. The molecule has 0 aliphatic heterocycles. The van der Waals surface area contributed by atoms with Crippen LogP contribution in [0.15, 0.2) is 0 Å². The lowest BCUT2D eigenvalue weighted by Gasteiger charge is -2.18. The number of ether oxygens (including phenoxy) is 3. The van der Waals surface area contributed by atoms with E-state index >= 15 is 0 Å². The van der Waals surface area contributed by atoms with E-state index in [2.05, 4.69) is 41.5 Å². The van der Waals surface area contributed by atoms with Gasteiger partial charge in [0.05, 0.1) is 0 Å². The number of esters is 3. The number of carbonyl (C=O) groups excluding carboxylic acids is 3. The summed E-state index contributed by atoms with van der Waals surface area (Å²) in [7, 11) is 0. The molecule has 0 radical (unpaired) electrons. The summed E-state index contributed by atoms with van der Waals surface area (Å²) < 4.78 is 17.0. The van der Waals surface area contributed by atoms with Crippen LogP contribution in [-0.4, -0.2) is 37.2 Å². The lowest BCUT2D eigenvalue weighted by Crippen LogP contribution is -2.30. The monoisotopic (exact) mass is 1120 g/mol. The molecule has 0 aromatic carbocycles. The normalized spacial score (nSPS) is 12.8. The van der Waals surface area contributed by atoms with Gasteiger partial charge in [-0.25, -0.2) is 0 Å². The molecule has 2 unspecified atom stereocenters. The summed E-state index contributed by atoms with van der Waals surface area (Å²) in [6, 6.07) is 0. The highest BCUT2D eigenvalue weighted by Crippen LogP contribution is 2.21. The zero-order valence-electron chi connectivity index (χ0n) is 54.7. The first-order valence-corrected chi connectivity index (χ1v) is 36.2. The van der Waals surface area contributed by atoms with Crippen LogP contribution >= 0.6 is 0 Å². The van der Waals surface area contributed by atoms with E-state index in [1.54, 1.807) is 0 Å². The predicted octanol–water partition coefficient (Wildman–Crippen LogP) is 24.6. The highest BCUT2D eigenvalue weighted by molar-refractivity contribution is 5.71. The lowest BCUT2D eigenvalue weighted by atomic mass is 9.99. The van der Waals surface area contributed by atoms with E-state index in [-0.39, 0.29) is 31.1 Å². The number of hydrogen-bond acceptors (Lipinski definition) is 6. The highest BCUT2D eigenvalue weighted by Gasteiger charge is 2.20. The molecule has 3 atom stereocenters. The average molecular weight is 1120 g/mol. The quantitative estimate of drug-likeness (QED) is 0.0343. The molecule has 0 fully saturated rings. The van der Waals surface area contributed by atoms with Gasteiger partial charge in [-0.05, 0) is 37.0 Å². The molecule has 0 spiro atoms. The van der Waals surface area contributed by atoms with E-state index in [0.717, 1.165) is 75.5 Å². The van der Waals surface area contributed by atoms with Gasteiger partial charge in [0.15, 0.2) is 6.10 Å². The fourth-order valence-corrected chi connectivity index (χ4v) is 11.4. The summed E-state index contributed by atoms with van der Waals surface area (Å²) in [5, 5.41) is 0. The Labute approximate surface area is 495 Å². The fourth-order valence-electron chi connectivity index (χ4n) is 11.4. The third-order valence-electron chi connectivity index (χ3n) is 17.6. The van der Waals surface area contributed by atoms with Crippen LogP contribution in [0.1, 0.15) is 414 Å². The van der Waals surface area contributed by atoms with Crippen molar-refractivity contribution in [2.75, 3.05) is 13.2 Å². The SMILES string of the molecule is CCC(C)CCCCCCCCCCCCCCCCCCCCC(=O)OC[C@@H](COC(=O)CCCCCCCCCCCCCCCCCCCCC(C)C)OC(=O)CCCCCCCCCCCCCCCCC(C)CC. The van der Waals surface area contributed by atoms with Gasteiger partial charge in [-0.3, -0.25) is 14.4 Å². The van der Waals surface area contributed by atoms with Crippen molar-refractivity contribution in [2.45, 2.75) is 420 Å². The van der Waals surface area contributed by atoms with E-state index in [0.29, 0.717) is 19.3 Å². The summed E-state index contributed by atoms with van der Waals surface area (Å²) in [6.07, 6.45) is 72.5. The second-order valence-electron chi connectivity index (χ2n) is 26.2. The first-order valence-electron chi connectivity index (χ1n) is 36.2. The Morgan fingerprint density at radius 2 is 0.443 bits per heavy atom. The molecule has 6 nitrogen and oxygen atoms in total. The van der Waals surface area contributed by atoms with Crippen LogP contribution in [0.5, 0.6) is 0 Å². The van der Waals surface area contributed by atoms with E-state index in [9.17, 15) is 14.4 Å². The number of hydrogen-bond donors (Lipinski definition) is 0. The van der Waals surface area contributed by atoms with Crippen LogP contribution in [0.25, 0.3) is 0 Å². The smallest absolute Gasteiger partial charge is 0.306 e. The Balaban J connectivity index is 4.27. The van der Waals surface area contributed by atoms with Crippen molar-refractivity contribution in [2.24, 2.45) is 17.8 Å². The zero-order valence-corrected chi connectivity index (χ0v) is 54.7. The van der Waals surface area contributed by atoms with Crippen molar-refractivity contribution in [3.8, 4) is 0 Å². The van der Waals surface area contributed by atoms with Crippen LogP contribution in [0.3, 0.4) is 0 Å². The second-order valence-corrected chi connectivity index (χ2v) is 26.2. The Bertz CT molecular complexity index is 1230. The molecule has 0 saturated carbocycles. The first kappa shape index (κ1) is 77.4. The molecular formula is C73H142O6. The first-order chi connectivity index (χ1) is 38.7. The molecule has 470 valence electrons. The molecule has 0 amide bonds. The third kappa shape index (κ3) is 63.8. The van der Waals surface area contributed by atoms with Crippen molar-refractivity contribution in [3.63, 3.8) is 0 Å². The minimum atomic E-state index is -0.766. The Kier molecular flexibility index (Phi) is 62.7. The van der Waals surface area contributed by atoms with Gasteiger partial charge >= 0.3 is 17.9 Å². The summed E-state index contributed by atoms with van der Waals surface area (Å²) in [5.41, 5.74) is 0. The van der Waals surface area contributed by atoms with Crippen LogP contribution in [-0.2, 0) is 28.6 Å². The van der Waals surface area contributed by atoms with Gasteiger partial charge in [-0.1, -0.05) is 375 Å². The van der Waals surface area contributed by atoms with Crippen LogP contribution in [0, 0.1) is 17.8 Å². The maximum Gasteiger partial charge on any atom is 0.306 e. The summed E-state index contributed by atoms with van der Waals surface area (Å²) >= 11 is 0. The standard InChI is InChI=1S/C73H142O6/c1-7-68(5)60-54-48-42-36-30-24-18-14-10-12-16-20-27-33-39-45-51-57-63-72(75)78-66-70(79-73(76)64-58-52-46-40-34-28-22-21-25-31-37-43-49-55-61-69(6)8-2)65-77-71(74)62-56-50-44-38-32-26-19-15-11-9-13-17-23-29-35-41-47-53-59-67(3)4/h67-70H,7-66H2,1-6H3/t68?,69?,70-/m1/s1. The fraction of sp³-hybridized carbons (Fsp3) is 0.959. The van der Waals surface area contributed by atoms with Gasteiger partial charge < -0.3 is 14.2 Å². The topological polar surface area (TPSA) is 78.9 Å². The number of carbonyl (C=O) groups is 3. The van der Waals surface area contributed by atoms with Crippen LogP contribution < -0.4 is 0 Å². The maximum absolute atomic E-state index is 13.0. The molecule has 0 bridgehead atoms. The van der Waals surface area contributed by atoms with Gasteiger partial charge in [0.25, 0.3) is 0 Å². The van der Waals surface area contributed by atoms with Gasteiger partial charge in [-0.2, -0.15) is 0 Å². The summed E-state index contributed by atoms with van der Waals surface area (Å²) in [5.74, 6) is 1.84. The Hall–Kier alpha value is -1.59. The van der Waals surface area contributed by atoms with Crippen molar-refractivity contribution in [1.82, 2.24) is 0 Å². The summed E-state index contributed by atoms with van der Waals surface area (Å²) in [6.45, 7) is 13.9. The van der Waals surface area contributed by atoms with Crippen molar-refractivity contribution in [1.29, 1.82) is 0 Å². The highest BCUT2D eigenvalue weighted by atomic mass is 16.6. The lowest BCUT2D eigenvalue weighted by molar-refractivity contribution is -0.167. The molecule has 0 aromatic heterocycles. The van der Waals surface area contributed by atoms with Gasteiger partial charge in [0.1, 0.15) is 13.2 Å². The molecule has 0 aliphatic rings. The van der Waals surface area contributed by atoms with Crippen LogP contribution in [0.4, 0.5) is 0 Å². The molecule has 0 saturated heterocycles. The largest absolute Gasteiger partial charge is 0.462 e. The molecule has 79 heavy (non-hydrogen) atoms. The van der Waals surface area contributed by atoms with Crippen LogP contribution in [0.2, 0.25) is 0 Å². The molecule has 0 N–H and O–H groups in total. The average Bonchev–Trinajstić information content (AvgIpc) is 3.44. The van der Waals surface area contributed by atoms with Crippen molar-refractivity contribution >= 4 is 17.9 Å². The van der Waals surface area contributed by atoms with E-state index < -0.39 is 6.10 Å². The van der Waals surface area contributed by atoms with Crippen molar-refractivity contribution in [3.05, 3.63) is 0 Å². The van der Waals surface area contributed by atoms with Gasteiger partial charge in [0.2, 0.25) is 0 Å². The van der Waals surface area contributed by atoms with Crippen molar-refractivity contribution < 1.29 is 28.6 Å². The zero-order chi connectivity index (χ0) is 57.6. The number of rotatable bonds is 66. The molecular weight excluding hydrogens is 973 g/mol. The van der Waals surface area contributed by atoms with E-state index in [4.69, 9.17) is 14.2 Å². The summed E-state index contributed by atoms with van der Waals surface area (Å²) in [4.78, 5) is 38.5. The molecule has 0 heterocycles.